The largest absolute Gasteiger partial charge is 0.497 e. The van der Waals surface area contributed by atoms with Crippen molar-refractivity contribution in [2.75, 3.05) is 25.2 Å². The summed E-state index contributed by atoms with van der Waals surface area (Å²) in [5.74, 6) is 1.39. The summed E-state index contributed by atoms with van der Waals surface area (Å²) in [5, 5.41) is 0. The van der Waals surface area contributed by atoms with Gasteiger partial charge < -0.3 is 19.1 Å². The van der Waals surface area contributed by atoms with E-state index in [1.54, 1.807) is 12.0 Å². The molecular formula is C24H29NO5. The van der Waals surface area contributed by atoms with Gasteiger partial charge in [-0.05, 0) is 56.2 Å². The fourth-order valence-electron chi connectivity index (χ4n) is 3.55. The van der Waals surface area contributed by atoms with E-state index < -0.39 is 0 Å². The minimum Gasteiger partial charge on any atom is -0.497 e. The summed E-state index contributed by atoms with van der Waals surface area (Å²) >= 11 is 0. The van der Waals surface area contributed by atoms with E-state index in [1.165, 1.54) is 0 Å². The van der Waals surface area contributed by atoms with E-state index in [1.807, 2.05) is 49.4 Å². The summed E-state index contributed by atoms with van der Waals surface area (Å²) in [6.07, 6.45) is 4.18. The molecule has 0 aliphatic carbocycles. The van der Waals surface area contributed by atoms with Gasteiger partial charge in [-0.1, -0.05) is 18.9 Å². The van der Waals surface area contributed by atoms with Crippen molar-refractivity contribution in [3.8, 4) is 11.5 Å². The van der Waals surface area contributed by atoms with E-state index >= 15 is 0 Å². The highest BCUT2D eigenvalue weighted by Crippen LogP contribution is 2.34. The number of nitrogens with zero attached hydrogens (tertiary/aromatic N) is 1. The third-order valence-corrected chi connectivity index (χ3v) is 5.15. The van der Waals surface area contributed by atoms with Gasteiger partial charge in [-0.2, -0.15) is 0 Å². The predicted molar refractivity (Wildman–Crippen MR) is 115 cm³/mol. The van der Waals surface area contributed by atoms with Gasteiger partial charge in [0.05, 0.1) is 26.9 Å². The monoisotopic (exact) mass is 411 g/mol. The summed E-state index contributed by atoms with van der Waals surface area (Å²) in [6.45, 7) is 3.34. The minimum absolute atomic E-state index is 0.0143. The van der Waals surface area contributed by atoms with Crippen LogP contribution in [-0.4, -0.2) is 32.2 Å². The van der Waals surface area contributed by atoms with E-state index in [0.717, 1.165) is 48.4 Å². The number of carbonyl (C=O) groups excluding carboxylic acids is 2. The first kappa shape index (κ1) is 21.7. The highest BCUT2D eigenvalue weighted by Gasteiger charge is 2.30. The number of ether oxygens (including phenoxy) is 3. The molecule has 6 nitrogen and oxygen atoms in total. The lowest BCUT2D eigenvalue weighted by atomic mass is 10.1. The molecule has 0 spiro atoms. The molecule has 1 aliphatic heterocycles. The van der Waals surface area contributed by atoms with E-state index in [9.17, 15) is 9.59 Å². The van der Waals surface area contributed by atoms with Crippen molar-refractivity contribution in [2.45, 2.75) is 45.6 Å². The van der Waals surface area contributed by atoms with Crippen LogP contribution in [0.15, 0.2) is 42.5 Å². The number of esters is 1. The first-order valence-corrected chi connectivity index (χ1v) is 10.5. The normalized spacial score (nSPS) is 12.6. The number of hydrogen-bond acceptors (Lipinski definition) is 5. The van der Waals surface area contributed by atoms with Crippen LogP contribution in [0.5, 0.6) is 11.5 Å². The average Bonchev–Trinajstić information content (AvgIpc) is 3.10. The van der Waals surface area contributed by atoms with E-state index in [0.29, 0.717) is 31.7 Å². The Morgan fingerprint density at radius 2 is 1.80 bits per heavy atom. The molecule has 0 saturated heterocycles. The van der Waals surface area contributed by atoms with Crippen LogP contribution < -0.4 is 14.4 Å². The number of benzene rings is 2. The van der Waals surface area contributed by atoms with Crippen LogP contribution in [0.2, 0.25) is 0 Å². The zero-order valence-corrected chi connectivity index (χ0v) is 17.7. The Labute approximate surface area is 177 Å². The lowest BCUT2D eigenvalue weighted by Crippen LogP contribution is -2.22. The van der Waals surface area contributed by atoms with Gasteiger partial charge >= 0.3 is 5.97 Å². The number of anilines is 1. The van der Waals surface area contributed by atoms with E-state index in [4.69, 9.17) is 14.2 Å². The van der Waals surface area contributed by atoms with Crippen LogP contribution in [0.1, 0.15) is 54.9 Å². The quantitative estimate of drug-likeness (QED) is 0.394. The molecule has 0 unspecified atom stereocenters. The smallest absolute Gasteiger partial charge is 0.305 e. The molecule has 3 rings (SSSR count). The van der Waals surface area contributed by atoms with Gasteiger partial charge in [0.25, 0.3) is 5.91 Å². The Morgan fingerprint density at radius 1 is 1.03 bits per heavy atom. The van der Waals surface area contributed by atoms with E-state index in [2.05, 4.69) is 0 Å². The zero-order valence-electron chi connectivity index (χ0n) is 17.7. The van der Waals surface area contributed by atoms with Gasteiger partial charge in [-0.3, -0.25) is 9.59 Å². The Bertz CT molecular complexity index is 862. The van der Waals surface area contributed by atoms with Gasteiger partial charge in [0.1, 0.15) is 11.5 Å². The first-order chi connectivity index (χ1) is 14.6. The van der Waals surface area contributed by atoms with Gasteiger partial charge in [0.2, 0.25) is 0 Å². The number of rotatable bonds is 11. The number of hydrogen-bond donors (Lipinski definition) is 0. The van der Waals surface area contributed by atoms with Gasteiger partial charge in [-0.25, -0.2) is 0 Å². The Morgan fingerprint density at radius 3 is 2.53 bits per heavy atom. The molecule has 0 aromatic heterocycles. The van der Waals surface area contributed by atoms with Gasteiger partial charge in [0, 0.05) is 23.2 Å². The lowest BCUT2D eigenvalue weighted by molar-refractivity contribution is -0.143. The Balaban J connectivity index is 1.50. The fourth-order valence-corrected chi connectivity index (χ4v) is 3.55. The fraction of sp³-hybridized carbons (Fsp3) is 0.417. The maximum absolute atomic E-state index is 12.9. The molecule has 0 bridgehead atoms. The maximum atomic E-state index is 12.9. The molecule has 6 heteroatoms. The Kier molecular flexibility index (Phi) is 7.71. The minimum atomic E-state index is -0.125. The van der Waals surface area contributed by atoms with Crippen molar-refractivity contribution in [3.05, 3.63) is 53.6 Å². The van der Waals surface area contributed by atoms with Crippen LogP contribution in [0, 0.1) is 0 Å². The average molecular weight is 411 g/mol. The van der Waals surface area contributed by atoms with Crippen LogP contribution in [0.25, 0.3) is 0 Å². The van der Waals surface area contributed by atoms with Gasteiger partial charge in [0.15, 0.2) is 0 Å². The summed E-state index contributed by atoms with van der Waals surface area (Å²) in [7, 11) is 1.62. The molecule has 0 N–H and O–H groups in total. The molecule has 0 saturated carbocycles. The first-order valence-electron chi connectivity index (χ1n) is 10.5. The molecule has 160 valence electrons. The lowest BCUT2D eigenvalue weighted by Gasteiger charge is -2.16. The molecule has 30 heavy (non-hydrogen) atoms. The summed E-state index contributed by atoms with van der Waals surface area (Å²) in [6, 6.07) is 13.1. The van der Waals surface area contributed by atoms with Gasteiger partial charge in [-0.15, -0.1) is 0 Å². The standard InChI is InChI=1S/C24H29NO5/c1-3-29-23(26)11-6-4-5-7-16-30-22-10-8-9-20-21(22)17-25(24(20)27)18-12-14-19(28-2)15-13-18/h8-10,12-15H,3-7,11,16-17H2,1-2H3. The number of methoxy groups -OCH3 is 1. The zero-order chi connectivity index (χ0) is 21.3. The summed E-state index contributed by atoms with van der Waals surface area (Å²) in [4.78, 5) is 25.9. The second-order valence-corrected chi connectivity index (χ2v) is 7.19. The number of carbonyl (C=O) groups is 2. The molecule has 0 fully saturated rings. The topological polar surface area (TPSA) is 65.1 Å². The predicted octanol–water partition coefficient (Wildman–Crippen LogP) is 4.75. The molecule has 1 heterocycles. The molecule has 2 aromatic rings. The highest BCUT2D eigenvalue weighted by molar-refractivity contribution is 6.10. The SMILES string of the molecule is CCOC(=O)CCCCCCOc1cccc2c1CN(c1ccc(OC)cc1)C2=O. The van der Waals surface area contributed by atoms with Crippen molar-refractivity contribution in [1.29, 1.82) is 0 Å². The summed E-state index contributed by atoms with van der Waals surface area (Å²) in [5.41, 5.74) is 2.46. The molecule has 1 aliphatic rings. The summed E-state index contributed by atoms with van der Waals surface area (Å²) < 4.78 is 16.1. The van der Waals surface area contributed by atoms with Crippen LogP contribution in [-0.2, 0) is 16.1 Å². The Hall–Kier alpha value is -3.02. The van der Waals surface area contributed by atoms with E-state index in [-0.39, 0.29) is 11.9 Å². The number of unbranched alkanes of at least 4 members (excludes halogenated alkanes) is 3. The molecular weight excluding hydrogens is 382 g/mol. The van der Waals surface area contributed by atoms with Crippen molar-refractivity contribution >= 4 is 17.6 Å². The molecule has 2 aromatic carbocycles. The van der Waals surface area contributed by atoms with Crippen molar-refractivity contribution < 1.29 is 23.8 Å². The molecule has 0 radical (unpaired) electrons. The third-order valence-electron chi connectivity index (χ3n) is 5.15. The second kappa shape index (κ2) is 10.7. The number of amides is 1. The third kappa shape index (κ3) is 5.32. The van der Waals surface area contributed by atoms with Crippen molar-refractivity contribution in [3.63, 3.8) is 0 Å². The van der Waals surface area contributed by atoms with Crippen LogP contribution >= 0.6 is 0 Å². The van der Waals surface area contributed by atoms with Crippen molar-refractivity contribution in [2.24, 2.45) is 0 Å². The highest BCUT2D eigenvalue weighted by atomic mass is 16.5. The maximum Gasteiger partial charge on any atom is 0.305 e. The second-order valence-electron chi connectivity index (χ2n) is 7.19. The van der Waals surface area contributed by atoms with Crippen LogP contribution in [0.3, 0.4) is 0 Å². The van der Waals surface area contributed by atoms with Crippen LogP contribution in [0.4, 0.5) is 5.69 Å². The number of fused-ring (bicyclic) bond motifs is 1. The molecule has 0 atom stereocenters. The molecule has 1 amide bonds. The van der Waals surface area contributed by atoms with Crippen molar-refractivity contribution in [1.82, 2.24) is 0 Å².